The van der Waals surface area contributed by atoms with Crippen LogP contribution in [0.4, 0.5) is 10.1 Å². The van der Waals surface area contributed by atoms with Gasteiger partial charge in [0.1, 0.15) is 5.82 Å². The molecule has 9 heteroatoms. The summed E-state index contributed by atoms with van der Waals surface area (Å²) in [7, 11) is -2.63. The van der Waals surface area contributed by atoms with Crippen LogP contribution in [-0.2, 0) is 16.6 Å². The van der Waals surface area contributed by atoms with Crippen molar-refractivity contribution < 1.29 is 17.7 Å². The van der Waals surface area contributed by atoms with E-state index in [1.165, 1.54) is 37.4 Å². The van der Waals surface area contributed by atoms with Crippen molar-refractivity contribution in [3.63, 3.8) is 0 Å². The topological polar surface area (TPSA) is 80.5 Å². The van der Waals surface area contributed by atoms with Crippen LogP contribution in [-0.4, -0.2) is 24.7 Å². The van der Waals surface area contributed by atoms with Gasteiger partial charge in [0.25, 0.3) is 5.69 Å². The summed E-state index contributed by atoms with van der Waals surface area (Å²) in [6, 6.07) is 8.40. The Morgan fingerprint density at radius 3 is 2.57 bits per heavy atom. The number of hydrogen-bond acceptors (Lipinski definition) is 4. The Hall–Kier alpha value is -2.03. The fourth-order valence-corrected chi connectivity index (χ4v) is 3.33. The lowest BCUT2D eigenvalue weighted by Gasteiger charge is -2.18. The second-order valence-corrected chi connectivity index (χ2v) is 7.20. The van der Waals surface area contributed by atoms with E-state index < -0.39 is 20.8 Å². The number of hydrogen-bond donors (Lipinski definition) is 0. The van der Waals surface area contributed by atoms with Crippen LogP contribution in [0.3, 0.4) is 0 Å². The van der Waals surface area contributed by atoms with Gasteiger partial charge in [-0.15, -0.1) is 0 Å². The molecular weight excluding hydrogens is 347 g/mol. The number of halogens is 2. The first-order valence-electron chi connectivity index (χ1n) is 6.36. The van der Waals surface area contributed by atoms with E-state index >= 15 is 0 Å². The third kappa shape index (κ3) is 3.84. The van der Waals surface area contributed by atoms with Gasteiger partial charge in [0, 0.05) is 30.7 Å². The first-order chi connectivity index (χ1) is 10.7. The highest BCUT2D eigenvalue weighted by molar-refractivity contribution is 7.89. The molecule has 0 bridgehead atoms. The predicted octanol–water partition coefficient (Wildman–Crippen LogP) is 3.21. The molecule has 0 heterocycles. The third-order valence-corrected chi connectivity index (χ3v) is 5.30. The highest BCUT2D eigenvalue weighted by atomic mass is 35.5. The van der Waals surface area contributed by atoms with E-state index in [1.807, 2.05) is 0 Å². The van der Waals surface area contributed by atoms with Gasteiger partial charge < -0.3 is 0 Å². The summed E-state index contributed by atoms with van der Waals surface area (Å²) in [5.41, 5.74) is 0.101. The molecule has 0 aromatic heterocycles. The smallest absolute Gasteiger partial charge is 0.258 e. The average molecular weight is 359 g/mol. The minimum Gasteiger partial charge on any atom is -0.258 e. The van der Waals surface area contributed by atoms with Crippen molar-refractivity contribution in [2.75, 3.05) is 7.05 Å². The standard InChI is InChI=1S/C14H12ClFN2O4S/c1-17(9-10-5-6-11(16)7-14(10)15)23(21,22)13-4-2-3-12(8-13)18(19)20/h2-8H,9H2,1H3. The minimum absolute atomic E-state index is 0.0931. The number of non-ortho nitro benzene ring substituents is 1. The maximum atomic E-state index is 13.0. The van der Waals surface area contributed by atoms with Gasteiger partial charge in [-0.2, -0.15) is 4.31 Å². The van der Waals surface area contributed by atoms with Crippen molar-refractivity contribution in [2.45, 2.75) is 11.4 Å². The van der Waals surface area contributed by atoms with Crippen molar-refractivity contribution in [2.24, 2.45) is 0 Å². The molecule has 0 spiro atoms. The first kappa shape index (κ1) is 17.3. The van der Waals surface area contributed by atoms with Crippen LogP contribution in [0.5, 0.6) is 0 Å². The number of rotatable bonds is 5. The Labute approximate surface area is 137 Å². The van der Waals surface area contributed by atoms with Gasteiger partial charge >= 0.3 is 0 Å². The van der Waals surface area contributed by atoms with Gasteiger partial charge in [-0.25, -0.2) is 12.8 Å². The van der Waals surface area contributed by atoms with Gasteiger partial charge in [-0.3, -0.25) is 10.1 Å². The first-order valence-corrected chi connectivity index (χ1v) is 8.18. The normalized spacial score (nSPS) is 11.7. The average Bonchev–Trinajstić information content (AvgIpc) is 2.50. The number of nitro benzene ring substituents is 1. The number of benzene rings is 2. The van der Waals surface area contributed by atoms with Gasteiger partial charge in [-0.1, -0.05) is 23.7 Å². The minimum atomic E-state index is -3.94. The monoisotopic (exact) mass is 358 g/mol. The molecule has 0 saturated carbocycles. The van der Waals surface area contributed by atoms with Crippen LogP contribution in [0.25, 0.3) is 0 Å². The molecule has 0 aliphatic carbocycles. The zero-order valence-electron chi connectivity index (χ0n) is 11.9. The second kappa shape index (κ2) is 6.61. The zero-order chi connectivity index (χ0) is 17.2. The molecule has 6 nitrogen and oxygen atoms in total. The Bertz CT molecular complexity index is 858. The van der Waals surface area contributed by atoms with Crippen molar-refractivity contribution in [1.29, 1.82) is 0 Å². The molecule has 0 amide bonds. The summed E-state index contributed by atoms with van der Waals surface area (Å²) in [5, 5.41) is 10.9. The molecule has 0 N–H and O–H groups in total. The number of sulfonamides is 1. The number of nitrogens with zero attached hydrogens (tertiary/aromatic N) is 2. The van der Waals surface area contributed by atoms with Crippen LogP contribution in [0, 0.1) is 15.9 Å². The van der Waals surface area contributed by atoms with Crippen LogP contribution in [0.1, 0.15) is 5.56 Å². The molecule has 2 rings (SSSR count). The van der Waals surface area contributed by atoms with Gasteiger partial charge in [0.05, 0.1) is 9.82 Å². The number of nitro groups is 1. The summed E-state index contributed by atoms with van der Waals surface area (Å²) in [5.74, 6) is -0.525. The summed E-state index contributed by atoms with van der Waals surface area (Å²) >= 11 is 5.89. The lowest BCUT2D eigenvalue weighted by atomic mass is 10.2. The lowest BCUT2D eigenvalue weighted by molar-refractivity contribution is -0.385. The summed E-state index contributed by atoms with van der Waals surface area (Å²) in [6.07, 6.45) is 0. The van der Waals surface area contributed by atoms with Gasteiger partial charge in [0.15, 0.2) is 0 Å². The van der Waals surface area contributed by atoms with Crippen molar-refractivity contribution >= 4 is 27.3 Å². The Kier molecular flexibility index (Phi) is 4.98. The molecule has 0 aliphatic heterocycles. The predicted molar refractivity (Wildman–Crippen MR) is 83.2 cm³/mol. The van der Waals surface area contributed by atoms with E-state index in [4.69, 9.17) is 11.6 Å². The molecule has 23 heavy (non-hydrogen) atoms. The van der Waals surface area contributed by atoms with Crippen LogP contribution >= 0.6 is 11.6 Å². The fraction of sp³-hybridized carbons (Fsp3) is 0.143. The van der Waals surface area contributed by atoms with Crippen molar-refractivity contribution in [3.05, 3.63) is 69.0 Å². The van der Waals surface area contributed by atoms with E-state index in [2.05, 4.69) is 0 Å². The van der Waals surface area contributed by atoms with Crippen LogP contribution in [0.15, 0.2) is 47.4 Å². The Balaban J connectivity index is 2.31. The molecule has 0 unspecified atom stereocenters. The van der Waals surface area contributed by atoms with E-state index in [-0.39, 0.29) is 22.2 Å². The molecule has 122 valence electrons. The summed E-state index contributed by atoms with van der Waals surface area (Å²) in [4.78, 5) is 9.89. The van der Waals surface area contributed by atoms with Crippen molar-refractivity contribution in [1.82, 2.24) is 4.31 Å². The molecule has 0 fully saturated rings. The maximum absolute atomic E-state index is 13.0. The fourth-order valence-electron chi connectivity index (χ4n) is 1.91. The SMILES string of the molecule is CN(Cc1ccc(F)cc1Cl)S(=O)(=O)c1cccc([N+](=O)[O-])c1. The Morgan fingerprint density at radius 1 is 1.26 bits per heavy atom. The molecule has 0 aliphatic rings. The van der Waals surface area contributed by atoms with E-state index in [1.54, 1.807) is 0 Å². The molecule has 2 aromatic rings. The van der Waals surface area contributed by atoms with Crippen LogP contribution in [0.2, 0.25) is 5.02 Å². The highest BCUT2D eigenvalue weighted by Crippen LogP contribution is 2.24. The Morgan fingerprint density at radius 2 is 1.96 bits per heavy atom. The van der Waals surface area contributed by atoms with Gasteiger partial charge in [0.2, 0.25) is 10.0 Å². The largest absolute Gasteiger partial charge is 0.270 e. The zero-order valence-corrected chi connectivity index (χ0v) is 13.5. The van der Waals surface area contributed by atoms with Crippen molar-refractivity contribution in [3.8, 4) is 0 Å². The lowest BCUT2D eigenvalue weighted by Crippen LogP contribution is -2.26. The molecule has 0 saturated heterocycles. The third-order valence-electron chi connectivity index (χ3n) is 3.14. The maximum Gasteiger partial charge on any atom is 0.270 e. The van der Waals surface area contributed by atoms with E-state index in [9.17, 15) is 22.9 Å². The molecular formula is C14H12ClFN2O4S. The molecule has 0 radical (unpaired) electrons. The molecule has 2 aromatic carbocycles. The van der Waals surface area contributed by atoms with Gasteiger partial charge in [-0.05, 0) is 23.8 Å². The summed E-state index contributed by atoms with van der Waals surface area (Å²) in [6.45, 7) is -0.0931. The molecule has 0 atom stereocenters. The van der Waals surface area contributed by atoms with E-state index in [0.29, 0.717) is 5.56 Å². The highest BCUT2D eigenvalue weighted by Gasteiger charge is 2.23. The quantitative estimate of drug-likeness (QED) is 0.607. The van der Waals surface area contributed by atoms with E-state index in [0.717, 1.165) is 16.4 Å². The summed E-state index contributed by atoms with van der Waals surface area (Å²) < 4.78 is 39.0. The van der Waals surface area contributed by atoms with Crippen LogP contribution < -0.4 is 0 Å². The second-order valence-electron chi connectivity index (χ2n) is 4.75.